The molecule has 1 heterocycles. The number of fused-ring (bicyclic) bond motifs is 1. The van der Waals surface area contributed by atoms with Gasteiger partial charge in [0.2, 0.25) is 0 Å². The molecule has 1 aliphatic heterocycles. The lowest BCUT2D eigenvalue weighted by atomic mass is 10.0. The van der Waals surface area contributed by atoms with Crippen molar-refractivity contribution in [3.05, 3.63) is 24.3 Å². The van der Waals surface area contributed by atoms with E-state index in [1.807, 2.05) is 0 Å². The van der Waals surface area contributed by atoms with Crippen LogP contribution in [0.4, 0.5) is 0 Å². The molecule has 0 aromatic rings. The van der Waals surface area contributed by atoms with Crippen LogP contribution in [-0.2, 0) is 5.11 Å². The Morgan fingerprint density at radius 2 is 2.23 bits per heavy atom. The van der Waals surface area contributed by atoms with Gasteiger partial charge in [-0.15, -0.1) is 0 Å². The van der Waals surface area contributed by atoms with Gasteiger partial charge in [0, 0.05) is 25.3 Å². The van der Waals surface area contributed by atoms with Crippen molar-refractivity contribution in [2.45, 2.75) is 18.5 Å². The number of nitrogens with one attached hydrogen (secondary N) is 1. The maximum atomic E-state index is 10.4. The van der Waals surface area contributed by atoms with E-state index in [-0.39, 0.29) is 6.61 Å². The highest BCUT2D eigenvalue weighted by Crippen LogP contribution is 2.17. The van der Waals surface area contributed by atoms with Crippen LogP contribution >= 0.6 is 0 Å². The Morgan fingerprint density at radius 1 is 1.38 bits per heavy atom. The smallest absolute Gasteiger partial charge is 0.0834 e. The molecule has 3 nitrogen and oxygen atoms in total. The molecule has 13 heavy (non-hydrogen) atoms. The summed E-state index contributed by atoms with van der Waals surface area (Å²) >= 11 is 0. The van der Waals surface area contributed by atoms with Gasteiger partial charge in [0.15, 0.2) is 0 Å². The van der Waals surface area contributed by atoms with Gasteiger partial charge in [-0.25, -0.2) is 5.11 Å². The first-order valence-corrected chi connectivity index (χ1v) is 4.82. The van der Waals surface area contributed by atoms with E-state index in [1.54, 1.807) is 0 Å². The van der Waals surface area contributed by atoms with Crippen LogP contribution in [0.3, 0.4) is 0 Å². The first-order valence-electron chi connectivity index (χ1n) is 4.82. The zero-order valence-corrected chi connectivity index (χ0v) is 7.65. The van der Waals surface area contributed by atoms with Gasteiger partial charge in [-0.1, -0.05) is 24.3 Å². The molecule has 1 N–H and O–H groups in total. The number of allylic oxidation sites excluding steroid dienone is 2. The summed E-state index contributed by atoms with van der Waals surface area (Å²) in [6.45, 7) is 1.85. The van der Waals surface area contributed by atoms with E-state index in [4.69, 9.17) is 0 Å². The van der Waals surface area contributed by atoms with Crippen LogP contribution in [0.5, 0.6) is 0 Å². The normalized spacial score (nSPS) is 32.4. The van der Waals surface area contributed by atoms with Crippen molar-refractivity contribution < 1.29 is 5.11 Å². The second-order valence-corrected chi connectivity index (χ2v) is 3.52. The van der Waals surface area contributed by atoms with Crippen molar-refractivity contribution in [1.29, 1.82) is 0 Å². The monoisotopic (exact) mass is 179 g/mol. The summed E-state index contributed by atoms with van der Waals surface area (Å²) < 4.78 is 0. The maximum Gasteiger partial charge on any atom is 0.0834 e. The molecular weight excluding hydrogens is 164 g/mol. The molecular formula is C10H15N2O. The molecule has 1 fully saturated rings. The topological polar surface area (TPSA) is 35.2 Å². The van der Waals surface area contributed by atoms with Crippen molar-refractivity contribution in [2.75, 3.05) is 19.8 Å². The van der Waals surface area contributed by atoms with Crippen LogP contribution in [0.25, 0.3) is 0 Å². The Balaban J connectivity index is 1.93. The Morgan fingerprint density at radius 3 is 3.08 bits per heavy atom. The summed E-state index contributed by atoms with van der Waals surface area (Å²) in [6.07, 6.45) is 9.30. The Bertz CT molecular complexity index is 225. The minimum absolute atomic E-state index is 0.0352. The maximum absolute atomic E-state index is 10.4. The van der Waals surface area contributed by atoms with E-state index in [2.05, 4.69) is 34.5 Å². The zero-order valence-electron chi connectivity index (χ0n) is 7.65. The molecule has 0 saturated carbocycles. The van der Waals surface area contributed by atoms with Crippen molar-refractivity contribution in [2.24, 2.45) is 0 Å². The first kappa shape index (κ1) is 8.94. The van der Waals surface area contributed by atoms with Crippen LogP contribution in [0, 0.1) is 0 Å². The summed E-state index contributed by atoms with van der Waals surface area (Å²) in [5.41, 5.74) is 0. The zero-order chi connectivity index (χ0) is 9.10. The van der Waals surface area contributed by atoms with E-state index in [9.17, 15) is 5.11 Å². The second-order valence-electron chi connectivity index (χ2n) is 3.52. The fourth-order valence-electron chi connectivity index (χ4n) is 1.96. The van der Waals surface area contributed by atoms with Crippen molar-refractivity contribution in [3.8, 4) is 0 Å². The molecule has 0 aromatic carbocycles. The van der Waals surface area contributed by atoms with Gasteiger partial charge >= 0.3 is 0 Å². The molecule has 1 aliphatic carbocycles. The highest BCUT2D eigenvalue weighted by molar-refractivity contribution is 5.22. The minimum Gasteiger partial charge on any atom is -0.296 e. The molecule has 2 unspecified atom stereocenters. The number of hydrogen-bond acceptors (Lipinski definition) is 2. The van der Waals surface area contributed by atoms with Crippen molar-refractivity contribution in [3.63, 3.8) is 0 Å². The van der Waals surface area contributed by atoms with Crippen molar-refractivity contribution in [1.82, 2.24) is 10.2 Å². The third kappa shape index (κ3) is 1.82. The fraction of sp³-hybridized carbons (Fsp3) is 0.600. The Kier molecular flexibility index (Phi) is 2.78. The third-order valence-corrected chi connectivity index (χ3v) is 2.65. The number of hydrogen-bond donors (Lipinski definition) is 1. The summed E-state index contributed by atoms with van der Waals surface area (Å²) in [5, 5.41) is 13.8. The molecule has 0 spiro atoms. The number of rotatable bonds is 3. The van der Waals surface area contributed by atoms with Crippen molar-refractivity contribution >= 4 is 0 Å². The van der Waals surface area contributed by atoms with Crippen LogP contribution < -0.4 is 5.32 Å². The quantitative estimate of drug-likeness (QED) is 0.686. The van der Waals surface area contributed by atoms with E-state index < -0.39 is 0 Å². The van der Waals surface area contributed by atoms with Crippen LogP contribution in [-0.4, -0.2) is 36.8 Å². The third-order valence-electron chi connectivity index (χ3n) is 2.65. The molecule has 2 rings (SSSR count). The average Bonchev–Trinajstić information content (AvgIpc) is 2.58. The Labute approximate surface area is 78.7 Å². The summed E-state index contributed by atoms with van der Waals surface area (Å²) in [4.78, 5) is 2.32. The first-order chi connectivity index (χ1) is 6.42. The van der Waals surface area contributed by atoms with Crippen LogP contribution in [0.1, 0.15) is 6.42 Å². The van der Waals surface area contributed by atoms with Gasteiger partial charge in [-0.05, 0) is 6.42 Å². The molecule has 1 radical (unpaired) electrons. The lowest BCUT2D eigenvalue weighted by Gasteiger charge is -2.23. The predicted molar refractivity (Wildman–Crippen MR) is 50.7 cm³/mol. The molecule has 2 aliphatic rings. The minimum atomic E-state index is 0.0352. The van der Waals surface area contributed by atoms with Gasteiger partial charge < -0.3 is 0 Å². The lowest BCUT2D eigenvalue weighted by molar-refractivity contribution is 0.166. The molecule has 0 amide bonds. The van der Waals surface area contributed by atoms with E-state index >= 15 is 0 Å². The van der Waals surface area contributed by atoms with Gasteiger partial charge in [-0.3, -0.25) is 10.2 Å². The molecule has 71 valence electrons. The second kappa shape index (κ2) is 4.05. The highest BCUT2D eigenvalue weighted by Gasteiger charge is 2.30. The predicted octanol–water partition coefficient (Wildman–Crippen LogP) is 0.533. The summed E-state index contributed by atoms with van der Waals surface area (Å²) in [5.74, 6) is 0. The lowest BCUT2D eigenvalue weighted by Crippen LogP contribution is -2.35. The van der Waals surface area contributed by atoms with E-state index in [0.717, 1.165) is 19.6 Å². The van der Waals surface area contributed by atoms with Crippen LogP contribution in [0.2, 0.25) is 0 Å². The Hall–Kier alpha value is -0.640. The number of nitrogens with zero attached hydrogens (tertiary/aromatic N) is 1. The molecule has 0 bridgehead atoms. The summed E-state index contributed by atoms with van der Waals surface area (Å²) in [6, 6.07) is 0.924. The molecule has 0 aromatic heterocycles. The summed E-state index contributed by atoms with van der Waals surface area (Å²) in [7, 11) is 0. The van der Waals surface area contributed by atoms with Gasteiger partial charge in [-0.2, -0.15) is 0 Å². The van der Waals surface area contributed by atoms with Gasteiger partial charge in [0.05, 0.1) is 6.61 Å². The fourth-order valence-corrected chi connectivity index (χ4v) is 1.96. The van der Waals surface area contributed by atoms with E-state index in [0.29, 0.717) is 12.1 Å². The molecule has 3 heteroatoms. The molecule has 1 saturated heterocycles. The standard InChI is InChI=1S/C10H15N2O/c13-7-3-6-12-8-11-9-4-1-2-5-10(9)12/h1-2,4-5,9-11H,3,6-8H2. The van der Waals surface area contributed by atoms with Gasteiger partial charge in [0.25, 0.3) is 0 Å². The highest BCUT2D eigenvalue weighted by atomic mass is 16.3. The SMILES string of the molecule is [O]CCCN1CNC2C=CC=CC21. The van der Waals surface area contributed by atoms with Crippen LogP contribution in [0.15, 0.2) is 24.3 Å². The molecule has 2 atom stereocenters. The van der Waals surface area contributed by atoms with Gasteiger partial charge in [0.1, 0.15) is 0 Å². The average molecular weight is 179 g/mol. The largest absolute Gasteiger partial charge is 0.296 e. The van der Waals surface area contributed by atoms with E-state index in [1.165, 1.54) is 0 Å².